The van der Waals surface area contributed by atoms with Gasteiger partial charge in [-0.25, -0.2) is 4.79 Å². The summed E-state index contributed by atoms with van der Waals surface area (Å²) in [6.45, 7) is 0.137. The fraction of sp³-hybridized carbons (Fsp3) is 0.440. The Bertz CT molecular complexity index is 1260. The van der Waals surface area contributed by atoms with Gasteiger partial charge >= 0.3 is 11.9 Å². The summed E-state index contributed by atoms with van der Waals surface area (Å²) < 4.78 is 0. The first-order valence-corrected chi connectivity index (χ1v) is 12.4. The van der Waals surface area contributed by atoms with Crippen molar-refractivity contribution in [1.82, 2.24) is 20.5 Å². The van der Waals surface area contributed by atoms with Gasteiger partial charge in [0.25, 0.3) is 0 Å². The molecule has 4 atom stereocenters. The third-order valence-corrected chi connectivity index (χ3v) is 6.58. The molecule has 0 spiro atoms. The summed E-state index contributed by atoms with van der Waals surface area (Å²) in [7, 11) is 0. The van der Waals surface area contributed by atoms with E-state index in [-0.39, 0.29) is 32.2 Å². The second kappa shape index (κ2) is 12.9. The first kappa shape index (κ1) is 29.1. The van der Waals surface area contributed by atoms with Crippen molar-refractivity contribution >= 4 is 46.5 Å². The number of para-hydroxylation sites is 1. The number of carboxylic acid groups (broad SMARTS) is 2. The molecule has 14 nitrogen and oxygen atoms in total. The lowest BCUT2D eigenvalue weighted by Crippen LogP contribution is -2.57. The van der Waals surface area contributed by atoms with Crippen LogP contribution in [-0.2, 0) is 35.2 Å². The van der Waals surface area contributed by atoms with Crippen LogP contribution in [0.25, 0.3) is 10.9 Å². The molecular formula is C25H32N6O8. The van der Waals surface area contributed by atoms with Crippen LogP contribution < -0.4 is 22.1 Å². The molecule has 2 heterocycles. The molecule has 1 fully saturated rings. The summed E-state index contributed by atoms with van der Waals surface area (Å²) in [6, 6.07) is 2.47. The predicted molar refractivity (Wildman–Crippen MR) is 137 cm³/mol. The number of primary amides is 1. The summed E-state index contributed by atoms with van der Waals surface area (Å²) in [5.41, 5.74) is 13.1. The molecule has 0 saturated carbocycles. The van der Waals surface area contributed by atoms with Gasteiger partial charge in [-0.1, -0.05) is 18.2 Å². The number of nitrogens with one attached hydrogen (secondary N) is 3. The van der Waals surface area contributed by atoms with Gasteiger partial charge in [-0.3, -0.25) is 24.0 Å². The molecular weight excluding hydrogens is 512 g/mol. The molecule has 1 aliphatic rings. The zero-order valence-electron chi connectivity index (χ0n) is 21.1. The zero-order valence-corrected chi connectivity index (χ0v) is 21.1. The van der Waals surface area contributed by atoms with Gasteiger partial charge in [-0.05, 0) is 37.3 Å². The number of carboxylic acids is 2. The van der Waals surface area contributed by atoms with Gasteiger partial charge in [-0.15, -0.1) is 0 Å². The maximum atomic E-state index is 13.4. The van der Waals surface area contributed by atoms with E-state index in [0.29, 0.717) is 6.42 Å². The first-order valence-electron chi connectivity index (χ1n) is 12.4. The van der Waals surface area contributed by atoms with Gasteiger partial charge in [0.05, 0.1) is 12.5 Å². The molecule has 1 saturated heterocycles. The topological polar surface area (TPSA) is 238 Å². The Hall–Kier alpha value is -4.46. The Balaban J connectivity index is 1.71. The average Bonchev–Trinajstić information content (AvgIpc) is 3.53. The number of H-pyrrole nitrogens is 1. The minimum Gasteiger partial charge on any atom is -0.481 e. The minimum absolute atomic E-state index is 0.137. The van der Waals surface area contributed by atoms with Crippen LogP contribution >= 0.6 is 0 Å². The summed E-state index contributed by atoms with van der Waals surface area (Å²) in [4.78, 5) is 77.3. The number of likely N-dealkylation sites (tertiary alicyclic amines) is 1. The van der Waals surface area contributed by atoms with Crippen molar-refractivity contribution in [3.05, 3.63) is 36.0 Å². The van der Waals surface area contributed by atoms with Gasteiger partial charge in [-0.2, -0.15) is 0 Å². The first-order chi connectivity index (χ1) is 18.5. The van der Waals surface area contributed by atoms with Crippen LogP contribution in [0, 0.1) is 0 Å². The molecule has 1 aromatic carbocycles. The number of fused-ring (bicyclic) bond motifs is 1. The SMILES string of the molecule is NC(=O)CCC(NC(=O)C(N)Cc1c[nH]c2ccccc12)C(=O)N1CCCC1C(=O)NC(CC(=O)O)C(=O)O. The van der Waals surface area contributed by atoms with E-state index in [1.54, 1.807) is 6.20 Å². The van der Waals surface area contributed by atoms with Crippen molar-refractivity contribution in [3.63, 3.8) is 0 Å². The van der Waals surface area contributed by atoms with Gasteiger partial charge in [0.15, 0.2) is 0 Å². The van der Waals surface area contributed by atoms with Crippen LogP contribution in [0.3, 0.4) is 0 Å². The molecule has 1 aromatic heterocycles. The Labute approximate surface area is 223 Å². The van der Waals surface area contributed by atoms with E-state index in [2.05, 4.69) is 15.6 Å². The van der Waals surface area contributed by atoms with E-state index >= 15 is 0 Å². The van der Waals surface area contributed by atoms with Crippen LogP contribution in [0.5, 0.6) is 0 Å². The van der Waals surface area contributed by atoms with Gasteiger partial charge in [0, 0.05) is 30.1 Å². The molecule has 1 aliphatic heterocycles. The molecule has 4 amide bonds. The van der Waals surface area contributed by atoms with E-state index < -0.39 is 66.2 Å². The standard InChI is InChI=1S/C25H32N6O8/c26-15(10-13-12-28-16-5-2-1-4-14(13)16)22(35)29-17(7-8-20(27)32)24(37)31-9-3-6-19(31)23(36)30-18(25(38)39)11-21(33)34/h1-2,4-5,12,15,17-19,28H,3,6-11,26H2,(H2,27,32)(H,29,35)(H,30,36)(H,33,34)(H,38,39). The lowest BCUT2D eigenvalue weighted by Gasteiger charge is -2.29. The predicted octanol–water partition coefficient (Wildman–Crippen LogP) is -1.18. The second-order valence-corrected chi connectivity index (χ2v) is 9.42. The number of aliphatic carboxylic acids is 2. The summed E-state index contributed by atoms with van der Waals surface area (Å²) in [6.07, 6.45) is 1.33. The van der Waals surface area contributed by atoms with E-state index in [0.717, 1.165) is 16.5 Å². The van der Waals surface area contributed by atoms with Crippen molar-refractivity contribution in [2.45, 2.75) is 62.7 Å². The number of aromatic nitrogens is 1. The highest BCUT2D eigenvalue weighted by Crippen LogP contribution is 2.21. The largest absolute Gasteiger partial charge is 0.481 e. The van der Waals surface area contributed by atoms with Crippen LogP contribution in [-0.4, -0.2) is 86.4 Å². The number of aromatic amines is 1. The highest BCUT2D eigenvalue weighted by Gasteiger charge is 2.39. The molecule has 39 heavy (non-hydrogen) atoms. The lowest BCUT2D eigenvalue weighted by atomic mass is 10.0. The van der Waals surface area contributed by atoms with Crippen molar-refractivity contribution in [2.75, 3.05) is 6.54 Å². The molecule has 210 valence electrons. The van der Waals surface area contributed by atoms with Crippen LogP contribution in [0.2, 0.25) is 0 Å². The smallest absolute Gasteiger partial charge is 0.326 e. The van der Waals surface area contributed by atoms with Crippen LogP contribution in [0.1, 0.15) is 37.7 Å². The van der Waals surface area contributed by atoms with E-state index in [4.69, 9.17) is 16.6 Å². The van der Waals surface area contributed by atoms with E-state index in [1.165, 1.54) is 4.90 Å². The molecule has 9 N–H and O–H groups in total. The Morgan fingerprint density at radius 1 is 1.08 bits per heavy atom. The number of nitrogens with two attached hydrogens (primary N) is 2. The minimum atomic E-state index is -1.68. The second-order valence-electron chi connectivity index (χ2n) is 9.42. The fourth-order valence-corrected chi connectivity index (χ4v) is 4.60. The van der Waals surface area contributed by atoms with E-state index in [9.17, 15) is 33.9 Å². The Kier molecular flexibility index (Phi) is 9.60. The Morgan fingerprint density at radius 3 is 2.46 bits per heavy atom. The number of rotatable bonds is 13. The van der Waals surface area contributed by atoms with Crippen molar-refractivity contribution in [2.24, 2.45) is 11.5 Å². The van der Waals surface area contributed by atoms with Crippen molar-refractivity contribution in [1.29, 1.82) is 0 Å². The average molecular weight is 545 g/mol. The summed E-state index contributed by atoms with van der Waals surface area (Å²) >= 11 is 0. The lowest BCUT2D eigenvalue weighted by molar-refractivity contribution is -0.148. The molecule has 0 radical (unpaired) electrons. The van der Waals surface area contributed by atoms with E-state index in [1.807, 2.05) is 24.3 Å². The highest BCUT2D eigenvalue weighted by molar-refractivity contribution is 5.95. The fourth-order valence-electron chi connectivity index (χ4n) is 4.60. The monoisotopic (exact) mass is 544 g/mol. The third kappa shape index (κ3) is 7.54. The molecule has 2 aromatic rings. The third-order valence-electron chi connectivity index (χ3n) is 6.58. The van der Waals surface area contributed by atoms with Crippen LogP contribution in [0.4, 0.5) is 0 Å². The van der Waals surface area contributed by atoms with Crippen molar-refractivity contribution in [3.8, 4) is 0 Å². The number of hydrogen-bond acceptors (Lipinski definition) is 7. The maximum absolute atomic E-state index is 13.4. The molecule has 4 unspecified atom stereocenters. The molecule has 3 rings (SSSR count). The number of benzene rings is 1. The summed E-state index contributed by atoms with van der Waals surface area (Å²) in [5.74, 6) is -5.77. The summed E-state index contributed by atoms with van der Waals surface area (Å²) in [5, 5.41) is 23.8. The highest BCUT2D eigenvalue weighted by atomic mass is 16.4. The van der Waals surface area contributed by atoms with Gasteiger partial charge < -0.3 is 42.2 Å². The quantitative estimate of drug-likeness (QED) is 0.160. The zero-order chi connectivity index (χ0) is 28.7. The van der Waals surface area contributed by atoms with Gasteiger partial charge in [0.2, 0.25) is 23.6 Å². The van der Waals surface area contributed by atoms with Crippen molar-refractivity contribution < 1.29 is 39.0 Å². The number of nitrogens with zero attached hydrogens (tertiary/aromatic N) is 1. The van der Waals surface area contributed by atoms with Gasteiger partial charge in [0.1, 0.15) is 18.1 Å². The number of carbonyl (C=O) groups excluding carboxylic acids is 4. The normalized spacial score (nSPS) is 17.3. The number of amides is 4. The Morgan fingerprint density at radius 2 is 1.79 bits per heavy atom. The number of carbonyl (C=O) groups is 6. The van der Waals surface area contributed by atoms with Crippen LogP contribution in [0.15, 0.2) is 30.5 Å². The number of hydrogen-bond donors (Lipinski definition) is 7. The molecule has 0 bridgehead atoms. The molecule has 14 heteroatoms. The molecule has 0 aliphatic carbocycles. The maximum Gasteiger partial charge on any atom is 0.326 e.